The van der Waals surface area contributed by atoms with E-state index in [0.29, 0.717) is 6.10 Å². The van der Waals surface area contributed by atoms with Crippen LogP contribution in [0.25, 0.3) is 0 Å². The van der Waals surface area contributed by atoms with Gasteiger partial charge in [0.05, 0.1) is 12.7 Å². The van der Waals surface area contributed by atoms with Crippen LogP contribution in [0.3, 0.4) is 0 Å². The fourth-order valence-corrected chi connectivity index (χ4v) is 3.27. The van der Waals surface area contributed by atoms with Crippen molar-refractivity contribution in [1.82, 2.24) is 10.2 Å². The molecule has 17 heavy (non-hydrogen) atoms. The third kappa shape index (κ3) is 3.67. The Morgan fingerprint density at radius 3 is 2.94 bits per heavy atom. The zero-order valence-electron chi connectivity index (χ0n) is 11.5. The molecule has 1 saturated heterocycles. The number of nitrogens with zero attached hydrogens (tertiary/aromatic N) is 1. The van der Waals surface area contributed by atoms with Gasteiger partial charge in [0.1, 0.15) is 0 Å². The maximum absolute atomic E-state index is 5.83. The van der Waals surface area contributed by atoms with Crippen molar-refractivity contribution in [2.24, 2.45) is 5.92 Å². The summed E-state index contributed by atoms with van der Waals surface area (Å²) in [6.07, 6.45) is 5.91. The van der Waals surface area contributed by atoms with Gasteiger partial charge in [-0.05, 0) is 25.3 Å². The lowest BCUT2D eigenvalue weighted by Gasteiger charge is -2.33. The zero-order chi connectivity index (χ0) is 12.1. The molecule has 2 fully saturated rings. The van der Waals surface area contributed by atoms with Gasteiger partial charge in [-0.3, -0.25) is 4.90 Å². The van der Waals surface area contributed by atoms with Crippen LogP contribution in [0.1, 0.15) is 39.5 Å². The Bertz CT molecular complexity index is 222. The fraction of sp³-hybridized carbons (Fsp3) is 1.00. The van der Waals surface area contributed by atoms with E-state index in [0.717, 1.165) is 44.7 Å². The number of rotatable bonds is 5. The summed E-state index contributed by atoms with van der Waals surface area (Å²) in [4.78, 5) is 2.49. The van der Waals surface area contributed by atoms with Gasteiger partial charge in [-0.1, -0.05) is 26.7 Å². The molecule has 1 saturated carbocycles. The molecule has 100 valence electrons. The van der Waals surface area contributed by atoms with Crippen molar-refractivity contribution in [2.45, 2.75) is 51.7 Å². The second-order valence-electron chi connectivity index (χ2n) is 5.50. The SMILES string of the molecule is CCC1CCCC1NCC1CN(CC)CCO1. The molecule has 3 unspecified atom stereocenters. The van der Waals surface area contributed by atoms with Crippen LogP contribution < -0.4 is 5.32 Å². The van der Waals surface area contributed by atoms with Crippen LogP contribution in [0.15, 0.2) is 0 Å². The van der Waals surface area contributed by atoms with E-state index in [9.17, 15) is 0 Å². The van der Waals surface area contributed by atoms with Crippen LogP contribution in [0, 0.1) is 5.92 Å². The molecule has 0 radical (unpaired) electrons. The summed E-state index contributed by atoms with van der Waals surface area (Å²) in [5.41, 5.74) is 0. The predicted molar refractivity (Wildman–Crippen MR) is 71.3 cm³/mol. The van der Waals surface area contributed by atoms with Gasteiger partial charge in [-0.2, -0.15) is 0 Å². The molecule has 3 heteroatoms. The quantitative estimate of drug-likeness (QED) is 0.794. The minimum atomic E-state index is 0.404. The van der Waals surface area contributed by atoms with E-state index in [-0.39, 0.29) is 0 Å². The highest BCUT2D eigenvalue weighted by molar-refractivity contribution is 4.84. The fourth-order valence-electron chi connectivity index (χ4n) is 3.27. The van der Waals surface area contributed by atoms with Crippen molar-refractivity contribution in [3.05, 3.63) is 0 Å². The van der Waals surface area contributed by atoms with E-state index in [4.69, 9.17) is 4.74 Å². The molecule has 0 aromatic carbocycles. The Hall–Kier alpha value is -0.120. The predicted octanol–water partition coefficient (Wildman–Crippen LogP) is 1.88. The summed E-state index contributed by atoms with van der Waals surface area (Å²) in [5.74, 6) is 0.904. The van der Waals surface area contributed by atoms with Crippen LogP contribution in [0.2, 0.25) is 0 Å². The third-order valence-electron chi connectivity index (χ3n) is 4.46. The van der Waals surface area contributed by atoms with Crippen LogP contribution in [0.5, 0.6) is 0 Å². The third-order valence-corrected chi connectivity index (χ3v) is 4.46. The van der Waals surface area contributed by atoms with E-state index in [1.807, 2.05) is 0 Å². The smallest absolute Gasteiger partial charge is 0.0826 e. The Balaban J connectivity index is 1.70. The second-order valence-corrected chi connectivity index (χ2v) is 5.50. The molecule has 2 rings (SSSR count). The number of likely N-dealkylation sites (N-methyl/N-ethyl adjacent to an activating group) is 1. The van der Waals surface area contributed by atoms with E-state index < -0.39 is 0 Å². The zero-order valence-corrected chi connectivity index (χ0v) is 11.5. The van der Waals surface area contributed by atoms with Gasteiger partial charge in [0, 0.05) is 25.7 Å². The molecule has 1 N–H and O–H groups in total. The minimum absolute atomic E-state index is 0.404. The molecule has 0 amide bonds. The van der Waals surface area contributed by atoms with Gasteiger partial charge < -0.3 is 10.1 Å². The first-order valence-corrected chi connectivity index (χ1v) is 7.40. The standard InChI is InChI=1S/C14H28N2O/c1-3-12-6-5-7-14(12)15-10-13-11-16(4-2)8-9-17-13/h12-15H,3-11H2,1-2H3. The van der Waals surface area contributed by atoms with Crippen molar-refractivity contribution in [3.8, 4) is 0 Å². The first-order chi connectivity index (χ1) is 8.33. The van der Waals surface area contributed by atoms with Crippen LogP contribution in [-0.4, -0.2) is 49.8 Å². The summed E-state index contributed by atoms with van der Waals surface area (Å²) in [6, 6.07) is 0.751. The number of hydrogen-bond donors (Lipinski definition) is 1. The number of hydrogen-bond acceptors (Lipinski definition) is 3. The first-order valence-electron chi connectivity index (χ1n) is 7.40. The summed E-state index contributed by atoms with van der Waals surface area (Å²) in [6.45, 7) is 9.86. The van der Waals surface area contributed by atoms with Crippen LogP contribution >= 0.6 is 0 Å². The molecular weight excluding hydrogens is 212 g/mol. The van der Waals surface area contributed by atoms with Gasteiger partial charge >= 0.3 is 0 Å². The van der Waals surface area contributed by atoms with Crippen molar-refractivity contribution in [3.63, 3.8) is 0 Å². The van der Waals surface area contributed by atoms with Gasteiger partial charge in [0.2, 0.25) is 0 Å². The lowest BCUT2D eigenvalue weighted by atomic mass is 10.0. The average Bonchev–Trinajstić information content (AvgIpc) is 2.84. The molecule has 0 spiro atoms. The number of ether oxygens (including phenoxy) is 1. The molecule has 1 aliphatic carbocycles. The highest BCUT2D eigenvalue weighted by Gasteiger charge is 2.27. The van der Waals surface area contributed by atoms with Crippen molar-refractivity contribution < 1.29 is 4.74 Å². The maximum atomic E-state index is 5.83. The molecule has 0 bridgehead atoms. The summed E-state index contributed by atoms with van der Waals surface area (Å²) in [5, 5.41) is 3.75. The molecule has 0 aromatic heterocycles. The van der Waals surface area contributed by atoms with E-state index in [1.54, 1.807) is 0 Å². The van der Waals surface area contributed by atoms with Gasteiger partial charge in [0.25, 0.3) is 0 Å². The lowest BCUT2D eigenvalue weighted by molar-refractivity contribution is -0.0268. The molecular formula is C14H28N2O. The Morgan fingerprint density at radius 2 is 2.18 bits per heavy atom. The van der Waals surface area contributed by atoms with Crippen molar-refractivity contribution in [1.29, 1.82) is 0 Å². The topological polar surface area (TPSA) is 24.5 Å². The van der Waals surface area contributed by atoms with E-state index in [2.05, 4.69) is 24.1 Å². The second kappa shape index (κ2) is 6.72. The van der Waals surface area contributed by atoms with Gasteiger partial charge in [-0.25, -0.2) is 0 Å². The Kier molecular flexibility index (Phi) is 5.26. The molecule has 2 aliphatic rings. The highest BCUT2D eigenvalue weighted by Crippen LogP contribution is 2.28. The lowest BCUT2D eigenvalue weighted by Crippen LogP contribution is -2.48. The largest absolute Gasteiger partial charge is 0.374 e. The number of morpholine rings is 1. The number of nitrogens with one attached hydrogen (secondary N) is 1. The monoisotopic (exact) mass is 240 g/mol. The minimum Gasteiger partial charge on any atom is -0.374 e. The summed E-state index contributed by atoms with van der Waals surface area (Å²) in [7, 11) is 0. The van der Waals surface area contributed by atoms with Gasteiger partial charge in [-0.15, -0.1) is 0 Å². The van der Waals surface area contributed by atoms with Gasteiger partial charge in [0.15, 0.2) is 0 Å². The Morgan fingerprint density at radius 1 is 1.29 bits per heavy atom. The molecule has 1 aliphatic heterocycles. The van der Waals surface area contributed by atoms with Crippen LogP contribution in [-0.2, 0) is 4.74 Å². The maximum Gasteiger partial charge on any atom is 0.0826 e. The first kappa shape index (κ1) is 13.3. The average molecular weight is 240 g/mol. The normalized spacial score (nSPS) is 35.3. The highest BCUT2D eigenvalue weighted by atomic mass is 16.5. The van der Waals surface area contributed by atoms with E-state index >= 15 is 0 Å². The van der Waals surface area contributed by atoms with Crippen molar-refractivity contribution >= 4 is 0 Å². The van der Waals surface area contributed by atoms with Crippen LogP contribution in [0.4, 0.5) is 0 Å². The molecule has 1 heterocycles. The summed E-state index contributed by atoms with van der Waals surface area (Å²) < 4.78 is 5.83. The summed E-state index contributed by atoms with van der Waals surface area (Å²) >= 11 is 0. The Labute approximate surface area is 106 Å². The van der Waals surface area contributed by atoms with Crippen molar-refractivity contribution in [2.75, 3.05) is 32.8 Å². The molecule has 0 aromatic rings. The molecule has 3 atom stereocenters. The van der Waals surface area contributed by atoms with E-state index in [1.165, 1.54) is 25.7 Å². The molecule has 3 nitrogen and oxygen atoms in total.